The first-order chi connectivity index (χ1) is 6.35. The van der Waals surface area contributed by atoms with E-state index in [4.69, 9.17) is 9.84 Å². The van der Waals surface area contributed by atoms with E-state index in [0.717, 1.165) is 0 Å². The standard InChI is InChI=1S/C10H19NO3/c1-5-8(12)6-7-14-9(13)11-10(2,3)4/h5,8,12H,1,6-7H2,2-4H3,(H,11,13)/t8-/m1/s1. The molecule has 0 aromatic rings. The summed E-state index contributed by atoms with van der Waals surface area (Å²) in [4.78, 5) is 11.1. The van der Waals surface area contributed by atoms with Crippen LogP contribution in [0, 0.1) is 0 Å². The topological polar surface area (TPSA) is 58.6 Å². The lowest BCUT2D eigenvalue weighted by atomic mass is 10.1. The van der Waals surface area contributed by atoms with E-state index >= 15 is 0 Å². The maximum absolute atomic E-state index is 11.1. The Hall–Kier alpha value is -1.03. The molecule has 0 unspecified atom stereocenters. The number of ether oxygens (including phenoxy) is 1. The highest BCUT2D eigenvalue weighted by atomic mass is 16.5. The predicted octanol–water partition coefficient (Wildman–Crippen LogP) is 1.45. The SMILES string of the molecule is C=C[C@@H](O)CCOC(=O)NC(C)(C)C. The Morgan fingerprint density at radius 3 is 2.64 bits per heavy atom. The number of aliphatic hydroxyl groups excluding tert-OH is 1. The fourth-order valence-electron chi connectivity index (χ4n) is 0.732. The van der Waals surface area contributed by atoms with Crippen LogP contribution in [0.5, 0.6) is 0 Å². The molecule has 0 heterocycles. The van der Waals surface area contributed by atoms with Gasteiger partial charge in [0.2, 0.25) is 0 Å². The number of rotatable bonds is 4. The molecule has 0 aromatic carbocycles. The van der Waals surface area contributed by atoms with Gasteiger partial charge in [-0.05, 0) is 20.8 Å². The largest absolute Gasteiger partial charge is 0.449 e. The minimum atomic E-state index is -0.613. The first-order valence-electron chi connectivity index (χ1n) is 4.60. The third-order valence-electron chi connectivity index (χ3n) is 1.40. The molecule has 1 atom stereocenters. The van der Waals surface area contributed by atoms with Gasteiger partial charge in [0.1, 0.15) is 0 Å². The molecule has 0 rings (SSSR count). The molecule has 2 N–H and O–H groups in total. The zero-order valence-corrected chi connectivity index (χ0v) is 9.04. The van der Waals surface area contributed by atoms with Crippen LogP contribution in [0.3, 0.4) is 0 Å². The highest BCUT2D eigenvalue weighted by Crippen LogP contribution is 2.00. The Kier molecular flexibility index (Phi) is 5.23. The summed E-state index contributed by atoms with van der Waals surface area (Å²) < 4.78 is 4.83. The second kappa shape index (κ2) is 5.65. The van der Waals surface area contributed by atoms with E-state index in [2.05, 4.69) is 11.9 Å². The van der Waals surface area contributed by atoms with Crippen LogP contribution < -0.4 is 5.32 Å². The molecule has 82 valence electrons. The zero-order valence-electron chi connectivity index (χ0n) is 9.04. The van der Waals surface area contributed by atoms with Crippen molar-refractivity contribution in [2.45, 2.75) is 38.8 Å². The molecule has 0 aliphatic heterocycles. The number of aliphatic hydroxyl groups is 1. The Bertz CT molecular complexity index is 196. The quantitative estimate of drug-likeness (QED) is 0.677. The Morgan fingerprint density at radius 1 is 1.64 bits per heavy atom. The van der Waals surface area contributed by atoms with Crippen molar-refractivity contribution >= 4 is 6.09 Å². The molecule has 0 radical (unpaired) electrons. The highest BCUT2D eigenvalue weighted by Gasteiger charge is 2.14. The van der Waals surface area contributed by atoms with E-state index in [1.54, 1.807) is 0 Å². The zero-order chi connectivity index (χ0) is 11.2. The van der Waals surface area contributed by atoms with Crippen molar-refractivity contribution in [3.63, 3.8) is 0 Å². The summed E-state index contributed by atoms with van der Waals surface area (Å²) in [6, 6.07) is 0. The molecule has 0 bridgehead atoms. The average Bonchev–Trinajstić information content (AvgIpc) is 2.00. The maximum atomic E-state index is 11.1. The van der Waals surface area contributed by atoms with Gasteiger partial charge in [-0.3, -0.25) is 0 Å². The molecule has 0 aliphatic rings. The second-order valence-corrected chi connectivity index (χ2v) is 4.10. The maximum Gasteiger partial charge on any atom is 0.407 e. The van der Waals surface area contributed by atoms with Crippen LogP contribution in [0.4, 0.5) is 4.79 Å². The number of hydrogen-bond donors (Lipinski definition) is 2. The van der Waals surface area contributed by atoms with E-state index in [0.29, 0.717) is 6.42 Å². The molecule has 0 saturated heterocycles. The number of nitrogens with one attached hydrogen (secondary N) is 1. The van der Waals surface area contributed by atoms with E-state index < -0.39 is 12.2 Å². The number of hydrogen-bond acceptors (Lipinski definition) is 3. The van der Waals surface area contributed by atoms with Crippen LogP contribution in [0.15, 0.2) is 12.7 Å². The molecule has 0 aliphatic carbocycles. The fourth-order valence-corrected chi connectivity index (χ4v) is 0.732. The summed E-state index contributed by atoms with van der Waals surface area (Å²) in [6.45, 7) is 9.20. The third kappa shape index (κ3) is 7.61. The molecule has 0 spiro atoms. The van der Waals surface area contributed by atoms with Gasteiger partial charge in [0, 0.05) is 12.0 Å². The van der Waals surface area contributed by atoms with Gasteiger partial charge in [0.05, 0.1) is 12.7 Å². The number of carbonyl (C=O) groups excluding carboxylic acids is 1. The van der Waals surface area contributed by atoms with E-state index in [1.807, 2.05) is 20.8 Å². The Labute approximate surface area is 85.0 Å². The number of amides is 1. The first kappa shape index (κ1) is 13.0. The lowest BCUT2D eigenvalue weighted by Crippen LogP contribution is -2.41. The van der Waals surface area contributed by atoms with Crippen LogP contribution in [-0.2, 0) is 4.74 Å². The summed E-state index contributed by atoms with van der Waals surface area (Å²) in [5, 5.41) is 11.7. The van der Waals surface area contributed by atoms with Crippen molar-refractivity contribution in [2.24, 2.45) is 0 Å². The van der Waals surface area contributed by atoms with Gasteiger partial charge in [-0.25, -0.2) is 4.79 Å². The highest BCUT2D eigenvalue weighted by molar-refractivity contribution is 5.67. The van der Waals surface area contributed by atoms with Gasteiger partial charge in [-0.1, -0.05) is 6.08 Å². The molecule has 4 nitrogen and oxygen atoms in total. The van der Waals surface area contributed by atoms with Crippen molar-refractivity contribution < 1.29 is 14.6 Å². The Balaban J connectivity index is 3.60. The predicted molar refractivity (Wildman–Crippen MR) is 55.1 cm³/mol. The molecule has 0 saturated carbocycles. The Morgan fingerprint density at radius 2 is 2.21 bits per heavy atom. The third-order valence-corrected chi connectivity index (χ3v) is 1.40. The van der Waals surface area contributed by atoms with Gasteiger partial charge < -0.3 is 15.2 Å². The summed E-state index contributed by atoms with van der Waals surface area (Å²) in [6.07, 6.45) is 0.706. The van der Waals surface area contributed by atoms with Crippen LogP contribution in [0.2, 0.25) is 0 Å². The fraction of sp³-hybridized carbons (Fsp3) is 0.700. The molecule has 4 heteroatoms. The molecule has 1 amide bonds. The van der Waals surface area contributed by atoms with Crippen LogP contribution in [0.1, 0.15) is 27.2 Å². The smallest absolute Gasteiger partial charge is 0.407 e. The van der Waals surface area contributed by atoms with Crippen molar-refractivity contribution in [3.05, 3.63) is 12.7 Å². The summed E-state index contributed by atoms with van der Waals surface area (Å²) in [5.74, 6) is 0. The van der Waals surface area contributed by atoms with Crippen molar-refractivity contribution in [1.82, 2.24) is 5.32 Å². The van der Waals surface area contributed by atoms with Crippen LogP contribution >= 0.6 is 0 Å². The summed E-state index contributed by atoms with van der Waals surface area (Å²) in [5.41, 5.74) is -0.297. The minimum absolute atomic E-state index is 0.190. The number of carbonyl (C=O) groups is 1. The van der Waals surface area contributed by atoms with Gasteiger partial charge in [0.15, 0.2) is 0 Å². The van der Waals surface area contributed by atoms with Crippen molar-refractivity contribution in [2.75, 3.05) is 6.61 Å². The van der Waals surface area contributed by atoms with E-state index in [9.17, 15) is 4.79 Å². The van der Waals surface area contributed by atoms with Gasteiger partial charge in [-0.15, -0.1) is 6.58 Å². The summed E-state index contributed by atoms with van der Waals surface area (Å²) >= 11 is 0. The average molecular weight is 201 g/mol. The molecule has 0 fully saturated rings. The normalized spacial score (nSPS) is 13.1. The van der Waals surface area contributed by atoms with Crippen LogP contribution in [-0.4, -0.2) is 29.4 Å². The first-order valence-corrected chi connectivity index (χ1v) is 4.60. The van der Waals surface area contributed by atoms with Crippen molar-refractivity contribution in [3.8, 4) is 0 Å². The van der Waals surface area contributed by atoms with Crippen molar-refractivity contribution in [1.29, 1.82) is 0 Å². The van der Waals surface area contributed by atoms with Gasteiger partial charge in [0.25, 0.3) is 0 Å². The van der Waals surface area contributed by atoms with Crippen LogP contribution in [0.25, 0.3) is 0 Å². The van der Waals surface area contributed by atoms with E-state index in [-0.39, 0.29) is 12.1 Å². The lowest BCUT2D eigenvalue weighted by Gasteiger charge is -2.20. The van der Waals surface area contributed by atoms with Gasteiger partial charge >= 0.3 is 6.09 Å². The van der Waals surface area contributed by atoms with E-state index in [1.165, 1.54) is 6.08 Å². The minimum Gasteiger partial charge on any atom is -0.449 e. The molecular weight excluding hydrogens is 182 g/mol. The summed E-state index contributed by atoms with van der Waals surface area (Å²) in [7, 11) is 0. The molecule has 14 heavy (non-hydrogen) atoms. The molecule has 0 aromatic heterocycles. The molecular formula is C10H19NO3. The second-order valence-electron chi connectivity index (χ2n) is 4.10. The number of alkyl carbamates (subject to hydrolysis) is 1. The van der Waals surface area contributed by atoms with Gasteiger partial charge in [-0.2, -0.15) is 0 Å². The lowest BCUT2D eigenvalue weighted by molar-refractivity contribution is 0.116. The monoisotopic (exact) mass is 201 g/mol.